The van der Waals surface area contributed by atoms with Crippen LogP contribution >= 0.6 is 0 Å². The minimum absolute atomic E-state index is 0.0165. The molecular weight excluding hydrogens is 275 g/mol. The van der Waals surface area contributed by atoms with Crippen molar-refractivity contribution in [1.82, 2.24) is 0 Å². The Morgan fingerprint density at radius 3 is 2.29 bits per heavy atom. The summed E-state index contributed by atoms with van der Waals surface area (Å²) < 4.78 is 23.7. The first-order chi connectivity index (χ1) is 10.1. The van der Waals surface area contributed by atoms with Gasteiger partial charge in [0.1, 0.15) is 22.9 Å². The number of hydrogen-bond donors (Lipinski definition) is 2. The molecule has 0 aliphatic heterocycles. The first-order valence-corrected chi connectivity index (χ1v) is 6.14. The van der Waals surface area contributed by atoms with Gasteiger partial charge < -0.3 is 20.5 Å². The van der Waals surface area contributed by atoms with Crippen LogP contribution in [0.5, 0.6) is 11.5 Å². The second-order valence-corrected chi connectivity index (χ2v) is 4.23. The van der Waals surface area contributed by atoms with Crippen LogP contribution in [0.25, 0.3) is 0 Å². The minimum atomic E-state index is -0.597. The smallest absolute Gasteiger partial charge is 0.263 e. The van der Waals surface area contributed by atoms with E-state index in [-0.39, 0.29) is 11.3 Å². The van der Waals surface area contributed by atoms with Crippen LogP contribution in [-0.2, 0) is 0 Å². The van der Waals surface area contributed by atoms with Crippen LogP contribution in [0.1, 0.15) is 10.4 Å². The lowest BCUT2D eigenvalue weighted by molar-refractivity contribution is 0.102. The third-order valence-electron chi connectivity index (χ3n) is 2.91. The third kappa shape index (κ3) is 3.05. The summed E-state index contributed by atoms with van der Waals surface area (Å²) in [6.45, 7) is 0. The Kier molecular flexibility index (Phi) is 4.27. The van der Waals surface area contributed by atoms with Crippen LogP contribution in [0.15, 0.2) is 36.4 Å². The van der Waals surface area contributed by atoms with Gasteiger partial charge in [0.15, 0.2) is 0 Å². The van der Waals surface area contributed by atoms with E-state index in [1.165, 1.54) is 26.4 Å². The molecule has 5 nitrogen and oxygen atoms in total. The number of nitrogen functional groups attached to an aromatic ring is 1. The molecule has 0 aromatic heterocycles. The average Bonchev–Trinajstić information content (AvgIpc) is 2.49. The van der Waals surface area contributed by atoms with E-state index in [0.29, 0.717) is 17.2 Å². The SMILES string of the molecule is COc1cccc(OC)c1C(=O)Nc1ccc(N)c(F)c1. The van der Waals surface area contributed by atoms with Crippen LogP contribution < -0.4 is 20.5 Å². The number of carbonyl (C=O) groups excluding carboxylic acids is 1. The molecule has 0 aliphatic rings. The number of ether oxygens (including phenoxy) is 2. The second-order valence-electron chi connectivity index (χ2n) is 4.23. The third-order valence-corrected chi connectivity index (χ3v) is 2.91. The van der Waals surface area contributed by atoms with Crippen molar-refractivity contribution in [1.29, 1.82) is 0 Å². The second kappa shape index (κ2) is 6.13. The molecule has 21 heavy (non-hydrogen) atoms. The quantitative estimate of drug-likeness (QED) is 0.849. The summed E-state index contributed by atoms with van der Waals surface area (Å²) in [5.41, 5.74) is 5.94. The van der Waals surface area contributed by atoms with Gasteiger partial charge in [0.25, 0.3) is 5.91 Å². The Bertz CT molecular complexity index is 652. The van der Waals surface area contributed by atoms with Crippen molar-refractivity contribution in [3.8, 4) is 11.5 Å². The van der Waals surface area contributed by atoms with Crippen molar-refractivity contribution in [3.63, 3.8) is 0 Å². The molecule has 110 valence electrons. The zero-order chi connectivity index (χ0) is 15.4. The molecule has 0 aliphatic carbocycles. The highest BCUT2D eigenvalue weighted by atomic mass is 19.1. The molecule has 0 bridgehead atoms. The summed E-state index contributed by atoms with van der Waals surface area (Å²) in [4.78, 5) is 12.3. The van der Waals surface area contributed by atoms with Crippen molar-refractivity contribution in [2.24, 2.45) is 0 Å². The predicted octanol–water partition coefficient (Wildman–Crippen LogP) is 2.68. The molecule has 0 saturated carbocycles. The number of anilines is 2. The van der Waals surface area contributed by atoms with Crippen LogP contribution in [0.4, 0.5) is 15.8 Å². The van der Waals surface area contributed by atoms with Crippen LogP contribution in [0, 0.1) is 5.82 Å². The van der Waals surface area contributed by atoms with Crippen molar-refractivity contribution in [2.45, 2.75) is 0 Å². The number of rotatable bonds is 4. The van der Waals surface area contributed by atoms with E-state index in [0.717, 1.165) is 6.07 Å². The fourth-order valence-corrected chi connectivity index (χ4v) is 1.87. The van der Waals surface area contributed by atoms with Gasteiger partial charge >= 0.3 is 0 Å². The van der Waals surface area contributed by atoms with Gasteiger partial charge in [0, 0.05) is 5.69 Å². The standard InChI is InChI=1S/C15H15FN2O3/c1-20-12-4-3-5-13(21-2)14(12)15(19)18-9-6-7-11(17)10(16)8-9/h3-8H,17H2,1-2H3,(H,18,19). The van der Waals surface area contributed by atoms with Crippen molar-refractivity contribution >= 4 is 17.3 Å². The van der Waals surface area contributed by atoms with Crippen molar-refractivity contribution in [2.75, 3.05) is 25.3 Å². The zero-order valence-corrected chi connectivity index (χ0v) is 11.6. The molecule has 6 heteroatoms. The highest BCUT2D eigenvalue weighted by Crippen LogP contribution is 2.29. The van der Waals surface area contributed by atoms with Gasteiger partial charge in [-0.05, 0) is 30.3 Å². The summed E-state index contributed by atoms with van der Waals surface area (Å²) in [6.07, 6.45) is 0. The highest BCUT2D eigenvalue weighted by molar-refractivity contribution is 6.08. The number of nitrogens with one attached hydrogen (secondary N) is 1. The maximum atomic E-state index is 13.4. The van der Waals surface area contributed by atoms with Gasteiger partial charge in [-0.2, -0.15) is 0 Å². The maximum absolute atomic E-state index is 13.4. The Labute approximate surface area is 121 Å². The Balaban J connectivity index is 2.34. The topological polar surface area (TPSA) is 73.6 Å². The lowest BCUT2D eigenvalue weighted by atomic mass is 10.1. The monoisotopic (exact) mass is 290 g/mol. The summed E-state index contributed by atoms with van der Waals surface area (Å²) in [5.74, 6) is -0.334. The molecule has 0 spiro atoms. The summed E-state index contributed by atoms with van der Waals surface area (Å²) in [6, 6.07) is 9.02. The Morgan fingerprint density at radius 2 is 1.76 bits per heavy atom. The van der Waals surface area contributed by atoms with Gasteiger partial charge in [-0.25, -0.2) is 4.39 Å². The van der Waals surface area contributed by atoms with E-state index < -0.39 is 11.7 Å². The molecule has 2 rings (SSSR count). The highest BCUT2D eigenvalue weighted by Gasteiger charge is 2.18. The van der Waals surface area contributed by atoms with E-state index >= 15 is 0 Å². The largest absolute Gasteiger partial charge is 0.496 e. The van der Waals surface area contributed by atoms with E-state index in [2.05, 4.69) is 5.32 Å². The van der Waals surface area contributed by atoms with Crippen LogP contribution in [0.2, 0.25) is 0 Å². The van der Waals surface area contributed by atoms with E-state index in [9.17, 15) is 9.18 Å². The zero-order valence-electron chi connectivity index (χ0n) is 11.6. The molecule has 2 aromatic carbocycles. The predicted molar refractivity (Wildman–Crippen MR) is 78.3 cm³/mol. The first-order valence-electron chi connectivity index (χ1n) is 6.14. The number of nitrogens with two attached hydrogens (primary N) is 1. The van der Waals surface area contributed by atoms with Crippen LogP contribution in [0.3, 0.4) is 0 Å². The number of carbonyl (C=O) groups is 1. The molecule has 2 aromatic rings. The molecule has 0 atom stereocenters. The van der Waals surface area contributed by atoms with Gasteiger partial charge in [0.2, 0.25) is 0 Å². The van der Waals surface area contributed by atoms with Crippen molar-refractivity contribution < 1.29 is 18.7 Å². The number of hydrogen-bond acceptors (Lipinski definition) is 4. The van der Waals surface area contributed by atoms with Gasteiger partial charge in [-0.15, -0.1) is 0 Å². The number of amides is 1. The molecule has 0 unspecified atom stereocenters. The molecule has 3 N–H and O–H groups in total. The van der Waals surface area contributed by atoms with Crippen molar-refractivity contribution in [3.05, 3.63) is 47.8 Å². The molecule has 0 saturated heterocycles. The first kappa shape index (κ1) is 14.6. The molecule has 0 radical (unpaired) electrons. The summed E-state index contributed by atoms with van der Waals surface area (Å²) >= 11 is 0. The summed E-state index contributed by atoms with van der Waals surface area (Å²) in [5, 5.41) is 2.58. The minimum Gasteiger partial charge on any atom is -0.496 e. The fourth-order valence-electron chi connectivity index (χ4n) is 1.87. The van der Waals surface area contributed by atoms with E-state index in [1.54, 1.807) is 18.2 Å². The van der Waals surface area contributed by atoms with Gasteiger partial charge in [0.05, 0.1) is 19.9 Å². The lowest BCUT2D eigenvalue weighted by Crippen LogP contribution is -2.14. The Morgan fingerprint density at radius 1 is 1.14 bits per heavy atom. The average molecular weight is 290 g/mol. The van der Waals surface area contributed by atoms with E-state index in [4.69, 9.17) is 15.2 Å². The number of halogens is 1. The summed E-state index contributed by atoms with van der Waals surface area (Å²) in [7, 11) is 2.91. The van der Waals surface area contributed by atoms with Crippen LogP contribution in [-0.4, -0.2) is 20.1 Å². The number of methoxy groups -OCH3 is 2. The van der Waals surface area contributed by atoms with Gasteiger partial charge in [-0.1, -0.05) is 6.07 Å². The molecule has 0 heterocycles. The molecule has 1 amide bonds. The maximum Gasteiger partial charge on any atom is 0.263 e. The number of benzene rings is 2. The van der Waals surface area contributed by atoms with Gasteiger partial charge in [-0.3, -0.25) is 4.79 Å². The molecule has 0 fully saturated rings. The molecular formula is C15H15FN2O3. The Hall–Kier alpha value is -2.76. The normalized spacial score (nSPS) is 10.0. The van der Waals surface area contributed by atoms with E-state index in [1.807, 2.05) is 0 Å². The lowest BCUT2D eigenvalue weighted by Gasteiger charge is -2.13. The fraction of sp³-hybridized carbons (Fsp3) is 0.133.